The Kier molecular flexibility index (Phi) is 3.06. The molecule has 0 aromatic rings. The first-order chi connectivity index (χ1) is 5.28. The van der Waals surface area contributed by atoms with Crippen LogP contribution >= 0.6 is 0 Å². The third-order valence-corrected chi connectivity index (χ3v) is 1.03. The van der Waals surface area contributed by atoms with Crippen LogP contribution in [0.25, 0.3) is 0 Å². The Labute approximate surface area is 64.6 Å². The minimum atomic E-state index is -4.64. The second-order valence-corrected chi connectivity index (χ2v) is 1.99. The van der Waals surface area contributed by atoms with Gasteiger partial charge in [0.05, 0.1) is 6.42 Å². The molecule has 1 atom stereocenters. The summed E-state index contributed by atoms with van der Waals surface area (Å²) in [7, 11) is 0. The van der Waals surface area contributed by atoms with E-state index in [9.17, 15) is 22.8 Å². The van der Waals surface area contributed by atoms with E-state index in [1.54, 1.807) is 0 Å². The van der Waals surface area contributed by atoms with E-state index in [2.05, 4.69) is 0 Å². The fraction of sp³-hybridized carbons (Fsp3) is 0.600. The van der Waals surface area contributed by atoms with E-state index in [0.29, 0.717) is 0 Å². The van der Waals surface area contributed by atoms with Gasteiger partial charge in [-0.1, -0.05) is 0 Å². The van der Waals surface area contributed by atoms with Crippen LogP contribution in [0.3, 0.4) is 0 Å². The highest BCUT2D eigenvalue weighted by Crippen LogP contribution is 2.24. The third kappa shape index (κ3) is 2.40. The van der Waals surface area contributed by atoms with Gasteiger partial charge in [0.1, 0.15) is 0 Å². The van der Waals surface area contributed by atoms with Gasteiger partial charge in [-0.15, -0.1) is 0 Å². The number of carbonyl (C=O) groups is 2. The fourth-order valence-corrected chi connectivity index (χ4v) is 0.415. The third-order valence-electron chi connectivity index (χ3n) is 1.03. The van der Waals surface area contributed by atoms with Gasteiger partial charge in [-0.05, 0) is 0 Å². The van der Waals surface area contributed by atoms with Gasteiger partial charge in [0.2, 0.25) is 0 Å². The minimum absolute atomic E-state index is 1.53. The summed E-state index contributed by atoms with van der Waals surface area (Å²) in [6, 6.07) is 0. The first kappa shape index (κ1) is 10.7. The summed E-state index contributed by atoms with van der Waals surface area (Å²) in [5.41, 5.74) is 0. The summed E-state index contributed by atoms with van der Waals surface area (Å²) < 4.78 is 36.3. The van der Waals surface area contributed by atoms with E-state index in [1.165, 1.54) is 0 Å². The van der Waals surface area contributed by atoms with Crippen molar-refractivity contribution in [1.29, 1.82) is 0 Å². The summed E-state index contributed by atoms with van der Waals surface area (Å²) in [4.78, 5) is 19.4. The van der Waals surface area contributed by atoms with E-state index < -0.39 is 30.5 Å². The molecule has 4 nitrogen and oxygen atoms in total. The Morgan fingerprint density at radius 2 is 1.75 bits per heavy atom. The van der Waals surface area contributed by atoms with Crippen molar-refractivity contribution < 1.29 is 33.0 Å². The Morgan fingerprint density at radius 3 is 2.00 bits per heavy atom. The van der Waals surface area contributed by atoms with Gasteiger partial charge in [-0.2, -0.15) is 8.78 Å². The van der Waals surface area contributed by atoms with Gasteiger partial charge in [0, 0.05) is 0 Å². The maximum absolute atomic E-state index is 12.2. The molecule has 2 N–H and O–H groups in total. The highest BCUT2D eigenvalue weighted by molar-refractivity contribution is 5.77. The Hall–Kier alpha value is -1.27. The monoisotopic (exact) mass is 186 g/mol. The van der Waals surface area contributed by atoms with Crippen LogP contribution in [0.2, 0.25) is 0 Å². The summed E-state index contributed by atoms with van der Waals surface area (Å²) in [6.07, 6.45) is -4.73. The molecule has 70 valence electrons. The largest absolute Gasteiger partial charge is 0.481 e. The van der Waals surface area contributed by atoms with Gasteiger partial charge in [0.25, 0.3) is 0 Å². The number of hydrogen-bond acceptors (Lipinski definition) is 2. The van der Waals surface area contributed by atoms with Crippen molar-refractivity contribution in [3.8, 4) is 0 Å². The summed E-state index contributed by atoms with van der Waals surface area (Å²) in [5.74, 6) is -9.13. The number of alkyl halides is 3. The molecule has 7 heteroatoms. The van der Waals surface area contributed by atoms with Gasteiger partial charge in [-0.25, -0.2) is 9.18 Å². The zero-order valence-corrected chi connectivity index (χ0v) is 5.63. The molecule has 0 bridgehead atoms. The first-order valence-corrected chi connectivity index (χ1v) is 2.75. The molecule has 0 aromatic heterocycles. The van der Waals surface area contributed by atoms with Crippen LogP contribution in [0.4, 0.5) is 13.2 Å². The molecule has 0 heterocycles. The molecular weight excluding hydrogens is 181 g/mol. The number of halogens is 3. The van der Waals surface area contributed by atoms with Crippen molar-refractivity contribution in [3.63, 3.8) is 0 Å². The van der Waals surface area contributed by atoms with Crippen molar-refractivity contribution in [2.75, 3.05) is 0 Å². The molecular formula is C5H5F3O4. The van der Waals surface area contributed by atoms with E-state index in [-0.39, 0.29) is 0 Å². The summed E-state index contributed by atoms with van der Waals surface area (Å²) in [5, 5.41) is 15.6. The summed E-state index contributed by atoms with van der Waals surface area (Å²) >= 11 is 0. The molecule has 12 heavy (non-hydrogen) atoms. The van der Waals surface area contributed by atoms with Gasteiger partial charge in [-0.3, -0.25) is 4.79 Å². The second-order valence-electron chi connectivity index (χ2n) is 1.99. The molecule has 0 saturated carbocycles. The Balaban J connectivity index is 4.35. The quantitative estimate of drug-likeness (QED) is 0.671. The smallest absolute Gasteiger partial charge is 0.377 e. The zero-order chi connectivity index (χ0) is 9.94. The van der Waals surface area contributed by atoms with E-state index in [0.717, 1.165) is 0 Å². The number of carboxylic acid groups (broad SMARTS) is 2. The summed E-state index contributed by atoms with van der Waals surface area (Å²) in [6.45, 7) is 0. The average molecular weight is 186 g/mol. The predicted molar refractivity (Wildman–Crippen MR) is 29.7 cm³/mol. The van der Waals surface area contributed by atoms with Crippen LogP contribution in [-0.4, -0.2) is 34.2 Å². The Morgan fingerprint density at radius 1 is 1.33 bits per heavy atom. The lowest BCUT2D eigenvalue weighted by atomic mass is 10.1. The lowest BCUT2D eigenvalue weighted by Gasteiger charge is -2.13. The molecule has 0 radical (unpaired) electrons. The number of aliphatic carboxylic acids is 2. The molecule has 0 fully saturated rings. The van der Waals surface area contributed by atoms with Gasteiger partial charge in [0.15, 0.2) is 6.17 Å². The number of hydrogen-bond donors (Lipinski definition) is 2. The molecule has 0 aromatic carbocycles. The number of carboxylic acids is 2. The van der Waals surface area contributed by atoms with E-state index in [1.807, 2.05) is 0 Å². The Bertz CT molecular complexity index is 203. The van der Waals surface area contributed by atoms with E-state index >= 15 is 0 Å². The number of rotatable bonds is 4. The lowest BCUT2D eigenvalue weighted by Crippen LogP contribution is -2.39. The molecule has 0 aliphatic carbocycles. The molecule has 0 amide bonds. The standard InChI is InChI=1S/C5H5F3O4/c6-2(1-3(9)10)5(7,8)4(11)12/h2H,1H2,(H,9,10)(H,11,12). The topological polar surface area (TPSA) is 74.6 Å². The maximum Gasteiger partial charge on any atom is 0.377 e. The van der Waals surface area contributed by atoms with Crippen LogP contribution in [0.15, 0.2) is 0 Å². The second kappa shape index (κ2) is 3.42. The SMILES string of the molecule is O=C(O)CC(F)C(F)(F)C(=O)O. The normalized spacial score (nSPS) is 13.9. The van der Waals surface area contributed by atoms with Crippen molar-refractivity contribution in [1.82, 2.24) is 0 Å². The minimum Gasteiger partial charge on any atom is -0.481 e. The highest BCUT2D eigenvalue weighted by atomic mass is 19.3. The fourth-order valence-electron chi connectivity index (χ4n) is 0.415. The van der Waals surface area contributed by atoms with Gasteiger partial charge < -0.3 is 10.2 Å². The van der Waals surface area contributed by atoms with Crippen LogP contribution in [0.1, 0.15) is 6.42 Å². The lowest BCUT2D eigenvalue weighted by molar-refractivity contribution is -0.176. The van der Waals surface area contributed by atoms with Crippen molar-refractivity contribution >= 4 is 11.9 Å². The molecule has 1 unspecified atom stereocenters. The van der Waals surface area contributed by atoms with Crippen molar-refractivity contribution in [3.05, 3.63) is 0 Å². The predicted octanol–water partition coefficient (Wildman–Crippen LogP) is 0.519. The highest BCUT2D eigenvalue weighted by Gasteiger charge is 2.49. The zero-order valence-electron chi connectivity index (χ0n) is 5.63. The molecule has 0 aliphatic heterocycles. The van der Waals surface area contributed by atoms with Crippen LogP contribution < -0.4 is 0 Å². The molecule has 0 rings (SSSR count). The van der Waals surface area contributed by atoms with E-state index in [4.69, 9.17) is 10.2 Å². The molecule has 0 aliphatic rings. The first-order valence-electron chi connectivity index (χ1n) is 2.75. The molecule has 0 saturated heterocycles. The van der Waals surface area contributed by atoms with Crippen molar-refractivity contribution in [2.45, 2.75) is 18.5 Å². The van der Waals surface area contributed by atoms with Crippen LogP contribution in [0, 0.1) is 0 Å². The average Bonchev–Trinajstić information content (AvgIpc) is 1.85. The van der Waals surface area contributed by atoms with Crippen LogP contribution in [0.5, 0.6) is 0 Å². The molecule has 0 spiro atoms. The maximum atomic E-state index is 12.2. The van der Waals surface area contributed by atoms with Crippen molar-refractivity contribution in [2.24, 2.45) is 0 Å². The van der Waals surface area contributed by atoms with Gasteiger partial charge >= 0.3 is 17.9 Å². The van der Waals surface area contributed by atoms with Crippen LogP contribution in [-0.2, 0) is 9.59 Å².